The third-order valence-electron chi connectivity index (χ3n) is 4.16. The number of rotatable bonds is 2. The van der Waals surface area contributed by atoms with Crippen molar-refractivity contribution >= 4 is 11.8 Å². The first-order chi connectivity index (χ1) is 8.77. The van der Waals surface area contributed by atoms with Gasteiger partial charge in [-0.1, -0.05) is 38.5 Å². The minimum absolute atomic E-state index is 0.0154. The standard InChI is InChI=1S/C14H22N2O2/c17-13(11-7-3-1-4-8-11)15-16-14(18)12-9-5-2-6-10-12/h11-12H,1-10H2. The van der Waals surface area contributed by atoms with Gasteiger partial charge in [0.1, 0.15) is 0 Å². The largest absolute Gasteiger partial charge is 0.271 e. The maximum absolute atomic E-state index is 11.8. The zero-order valence-electron chi connectivity index (χ0n) is 10.9. The topological polar surface area (TPSA) is 58.9 Å². The van der Waals surface area contributed by atoms with Crippen molar-refractivity contribution in [1.29, 1.82) is 0 Å². The second-order valence-corrected chi connectivity index (χ2v) is 5.55. The molecule has 2 rings (SSSR count). The zero-order chi connectivity index (χ0) is 12.8. The number of carbonyl (C=O) groups excluding carboxylic acids is 2. The van der Waals surface area contributed by atoms with Crippen LogP contribution in [0.4, 0.5) is 0 Å². The summed E-state index contributed by atoms with van der Waals surface area (Å²) in [4.78, 5) is 23.5. The quantitative estimate of drug-likeness (QED) is 0.702. The van der Waals surface area contributed by atoms with E-state index < -0.39 is 0 Å². The van der Waals surface area contributed by atoms with Crippen LogP contribution in [0.5, 0.6) is 0 Å². The van der Waals surface area contributed by atoms with E-state index in [4.69, 9.17) is 0 Å². The van der Waals surface area contributed by atoms with Crippen LogP contribution in [0.25, 0.3) is 0 Å². The lowest BCUT2D eigenvalue weighted by atomic mass is 9.88. The smallest absolute Gasteiger partial charge is 0.267 e. The van der Waals surface area contributed by atoms with E-state index in [1.54, 1.807) is 0 Å². The van der Waals surface area contributed by atoms with Gasteiger partial charge in [-0.05, 0) is 25.7 Å². The molecule has 2 aliphatic carbocycles. The number of azo groups is 1. The number of carbonyl (C=O) groups is 2. The summed E-state index contributed by atoms with van der Waals surface area (Å²) in [5, 5.41) is 7.32. The fourth-order valence-corrected chi connectivity index (χ4v) is 2.96. The minimum atomic E-state index is -0.182. The van der Waals surface area contributed by atoms with Gasteiger partial charge in [0.2, 0.25) is 0 Å². The molecule has 2 aliphatic rings. The Hall–Kier alpha value is -1.06. The molecule has 2 amide bonds. The molecule has 0 heterocycles. The number of nitrogens with zero attached hydrogens (tertiary/aromatic N) is 2. The molecule has 2 saturated carbocycles. The first-order valence-electron chi connectivity index (χ1n) is 7.27. The van der Waals surface area contributed by atoms with Gasteiger partial charge >= 0.3 is 0 Å². The predicted molar refractivity (Wildman–Crippen MR) is 68.0 cm³/mol. The molecule has 0 aromatic rings. The molecule has 0 saturated heterocycles. The molecule has 0 bridgehead atoms. The van der Waals surface area contributed by atoms with Gasteiger partial charge in [-0.15, -0.1) is 10.2 Å². The molecule has 0 aromatic carbocycles. The van der Waals surface area contributed by atoms with Crippen LogP contribution in [0.2, 0.25) is 0 Å². The third kappa shape index (κ3) is 3.72. The fraction of sp³-hybridized carbons (Fsp3) is 0.857. The Morgan fingerprint density at radius 2 is 0.944 bits per heavy atom. The summed E-state index contributed by atoms with van der Waals surface area (Å²) >= 11 is 0. The molecule has 100 valence electrons. The van der Waals surface area contributed by atoms with Gasteiger partial charge in [-0.3, -0.25) is 9.59 Å². The first kappa shape index (κ1) is 13.4. The van der Waals surface area contributed by atoms with Gasteiger partial charge in [0, 0.05) is 11.8 Å². The monoisotopic (exact) mass is 250 g/mol. The summed E-state index contributed by atoms with van der Waals surface area (Å²) in [7, 11) is 0. The summed E-state index contributed by atoms with van der Waals surface area (Å²) < 4.78 is 0. The lowest BCUT2D eigenvalue weighted by Gasteiger charge is -2.18. The average molecular weight is 250 g/mol. The summed E-state index contributed by atoms with van der Waals surface area (Å²) in [5.74, 6) is -0.332. The maximum Gasteiger partial charge on any atom is 0.267 e. The van der Waals surface area contributed by atoms with Gasteiger partial charge in [0.25, 0.3) is 11.8 Å². The summed E-state index contributed by atoms with van der Waals surface area (Å²) in [5.41, 5.74) is 0. The van der Waals surface area contributed by atoms with Crippen molar-refractivity contribution in [2.24, 2.45) is 22.1 Å². The van der Waals surface area contributed by atoms with Crippen molar-refractivity contribution in [2.45, 2.75) is 64.2 Å². The van der Waals surface area contributed by atoms with Crippen LogP contribution in [0.15, 0.2) is 10.2 Å². The highest BCUT2D eigenvalue weighted by molar-refractivity contribution is 5.84. The minimum Gasteiger partial charge on any atom is -0.271 e. The van der Waals surface area contributed by atoms with Crippen LogP contribution >= 0.6 is 0 Å². The zero-order valence-corrected chi connectivity index (χ0v) is 10.9. The SMILES string of the molecule is O=C(N=NC(=O)C1CCCCC1)C1CCCCC1. The molecule has 2 fully saturated rings. The van der Waals surface area contributed by atoms with Crippen LogP contribution in [-0.2, 0) is 9.59 Å². The molecular weight excluding hydrogens is 228 g/mol. The van der Waals surface area contributed by atoms with E-state index in [0.29, 0.717) is 0 Å². The van der Waals surface area contributed by atoms with Gasteiger partial charge in [0.15, 0.2) is 0 Å². The van der Waals surface area contributed by atoms with Gasteiger partial charge in [0.05, 0.1) is 0 Å². The Morgan fingerprint density at radius 1 is 0.611 bits per heavy atom. The van der Waals surface area contributed by atoms with E-state index in [9.17, 15) is 9.59 Å². The first-order valence-corrected chi connectivity index (χ1v) is 7.27. The van der Waals surface area contributed by atoms with Gasteiger partial charge in [-0.25, -0.2) is 0 Å². The third-order valence-corrected chi connectivity index (χ3v) is 4.16. The van der Waals surface area contributed by atoms with Gasteiger partial charge < -0.3 is 0 Å². The van der Waals surface area contributed by atoms with E-state index in [1.807, 2.05) is 0 Å². The molecule has 0 atom stereocenters. The Labute approximate surface area is 108 Å². The van der Waals surface area contributed by atoms with Crippen molar-refractivity contribution < 1.29 is 9.59 Å². The highest BCUT2D eigenvalue weighted by Gasteiger charge is 2.23. The molecule has 0 unspecified atom stereocenters. The fourth-order valence-electron chi connectivity index (χ4n) is 2.96. The Kier molecular flexibility index (Phi) is 5.02. The van der Waals surface area contributed by atoms with Crippen LogP contribution in [0, 0.1) is 11.8 Å². The van der Waals surface area contributed by atoms with E-state index in [2.05, 4.69) is 10.2 Å². The summed E-state index contributed by atoms with van der Waals surface area (Å²) in [6.07, 6.45) is 10.5. The van der Waals surface area contributed by atoms with Crippen LogP contribution < -0.4 is 0 Å². The van der Waals surface area contributed by atoms with E-state index in [1.165, 1.54) is 12.8 Å². The maximum atomic E-state index is 11.8. The molecule has 0 N–H and O–H groups in total. The second kappa shape index (κ2) is 6.76. The molecule has 4 heteroatoms. The lowest BCUT2D eigenvalue weighted by Crippen LogP contribution is -2.18. The number of amides is 2. The van der Waals surface area contributed by atoms with Crippen molar-refractivity contribution in [3.05, 3.63) is 0 Å². The van der Waals surface area contributed by atoms with Crippen molar-refractivity contribution in [3.63, 3.8) is 0 Å². The molecular formula is C14H22N2O2. The number of hydrogen-bond acceptors (Lipinski definition) is 2. The van der Waals surface area contributed by atoms with Crippen molar-refractivity contribution in [1.82, 2.24) is 0 Å². The van der Waals surface area contributed by atoms with Gasteiger partial charge in [-0.2, -0.15) is 0 Å². The van der Waals surface area contributed by atoms with Crippen molar-refractivity contribution in [3.8, 4) is 0 Å². The van der Waals surface area contributed by atoms with Crippen LogP contribution in [-0.4, -0.2) is 11.8 Å². The Bertz CT molecular complexity index is 295. The molecule has 4 nitrogen and oxygen atoms in total. The molecule has 18 heavy (non-hydrogen) atoms. The second-order valence-electron chi connectivity index (χ2n) is 5.55. The average Bonchev–Trinajstić information content (AvgIpc) is 2.46. The highest BCUT2D eigenvalue weighted by Crippen LogP contribution is 2.26. The summed E-state index contributed by atoms with van der Waals surface area (Å²) in [6.45, 7) is 0. The van der Waals surface area contributed by atoms with E-state index in [-0.39, 0.29) is 23.7 Å². The highest BCUT2D eigenvalue weighted by atomic mass is 16.2. The Balaban J connectivity index is 1.81. The normalized spacial score (nSPS) is 23.3. The summed E-state index contributed by atoms with van der Waals surface area (Å²) in [6, 6.07) is 0. The predicted octanol–water partition coefficient (Wildman–Crippen LogP) is 3.65. The molecule has 0 radical (unpaired) electrons. The number of hydrogen-bond donors (Lipinski definition) is 0. The molecule has 0 aliphatic heterocycles. The van der Waals surface area contributed by atoms with Crippen LogP contribution in [0.1, 0.15) is 64.2 Å². The lowest BCUT2D eigenvalue weighted by molar-refractivity contribution is -0.127. The van der Waals surface area contributed by atoms with Crippen LogP contribution in [0.3, 0.4) is 0 Å². The van der Waals surface area contributed by atoms with E-state index >= 15 is 0 Å². The van der Waals surface area contributed by atoms with E-state index in [0.717, 1.165) is 51.4 Å². The molecule has 0 aromatic heterocycles. The Morgan fingerprint density at radius 3 is 1.28 bits per heavy atom. The molecule has 0 spiro atoms. The van der Waals surface area contributed by atoms with Crippen molar-refractivity contribution in [2.75, 3.05) is 0 Å².